The van der Waals surface area contributed by atoms with Gasteiger partial charge in [-0.05, 0) is 62.6 Å². The first-order chi connectivity index (χ1) is 14.3. The molecule has 152 valence electrons. The van der Waals surface area contributed by atoms with Crippen molar-refractivity contribution in [2.45, 2.75) is 0 Å². The van der Waals surface area contributed by atoms with E-state index in [9.17, 15) is 14.4 Å². The molecule has 0 aliphatic heterocycles. The van der Waals surface area contributed by atoms with Crippen LogP contribution in [0.2, 0.25) is 0 Å². The summed E-state index contributed by atoms with van der Waals surface area (Å²) in [6.07, 6.45) is 0. The molecule has 0 radical (unpaired) electrons. The second kappa shape index (κ2) is 8.68. The molecule has 10 nitrogen and oxygen atoms in total. The SMILES string of the molecule is CN(C(=O)Nc1nonc1C(=N)N(O)c1ccc(F)c(Br)c1)c1cccc(C#N)c1. The Morgan fingerprint density at radius 1 is 1.30 bits per heavy atom. The summed E-state index contributed by atoms with van der Waals surface area (Å²) in [6.45, 7) is 0. The second-order valence-corrected chi connectivity index (χ2v) is 6.73. The van der Waals surface area contributed by atoms with Crippen LogP contribution in [0.4, 0.5) is 26.4 Å². The Hall–Kier alpha value is -3.82. The minimum absolute atomic E-state index is 0.0685. The summed E-state index contributed by atoms with van der Waals surface area (Å²) in [4.78, 5) is 13.8. The van der Waals surface area contributed by atoms with Gasteiger partial charge in [0.15, 0.2) is 11.5 Å². The van der Waals surface area contributed by atoms with Crippen molar-refractivity contribution in [2.24, 2.45) is 0 Å². The number of rotatable bonds is 4. The number of hydrogen-bond donors (Lipinski definition) is 3. The highest BCUT2D eigenvalue weighted by molar-refractivity contribution is 9.10. The third kappa shape index (κ3) is 4.27. The number of hydroxylamine groups is 1. The standard InChI is InChI=1S/C18H13BrFN7O3/c1-26(11-4-2-3-10(7-11)9-21)18(28)23-17-15(24-30-25-17)16(22)27(29)12-5-6-14(20)13(19)8-12/h2-8,22,29H,1H3,(H,23,25,28). The number of benzene rings is 2. The van der Waals surface area contributed by atoms with E-state index in [4.69, 9.17) is 10.7 Å². The summed E-state index contributed by atoms with van der Waals surface area (Å²) in [7, 11) is 1.47. The lowest BCUT2D eigenvalue weighted by atomic mass is 10.2. The molecule has 0 saturated carbocycles. The molecule has 0 aliphatic carbocycles. The molecule has 1 aromatic heterocycles. The molecule has 0 saturated heterocycles. The zero-order chi connectivity index (χ0) is 21.8. The van der Waals surface area contributed by atoms with Gasteiger partial charge in [0, 0.05) is 12.7 Å². The fourth-order valence-electron chi connectivity index (χ4n) is 2.36. The third-order valence-electron chi connectivity index (χ3n) is 3.96. The maximum absolute atomic E-state index is 13.4. The monoisotopic (exact) mass is 473 g/mol. The molecule has 3 rings (SSSR count). The molecule has 30 heavy (non-hydrogen) atoms. The van der Waals surface area contributed by atoms with Gasteiger partial charge < -0.3 is 0 Å². The first kappa shape index (κ1) is 20.9. The van der Waals surface area contributed by atoms with Crippen molar-refractivity contribution in [3.05, 3.63) is 64.0 Å². The van der Waals surface area contributed by atoms with Crippen molar-refractivity contribution in [2.75, 3.05) is 22.3 Å². The maximum atomic E-state index is 13.4. The number of carbonyl (C=O) groups is 1. The number of aromatic nitrogens is 2. The number of hydrogen-bond acceptors (Lipinski definition) is 7. The van der Waals surface area contributed by atoms with Gasteiger partial charge in [-0.25, -0.2) is 18.9 Å². The normalized spacial score (nSPS) is 10.2. The zero-order valence-corrected chi connectivity index (χ0v) is 16.9. The van der Waals surface area contributed by atoms with Crippen LogP contribution in [0.3, 0.4) is 0 Å². The summed E-state index contributed by atoms with van der Waals surface area (Å²) in [6, 6.07) is 11.3. The van der Waals surface area contributed by atoms with E-state index < -0.39 is 17.7 Å². The molecule has 2 amide bonds. The van der Waals surface area contributed by atoms with E-state index in [0.29, 0.717) is 16.3 Å². The number of amides is 2. The van der Waals surface area contributed by atoms with E-state index in [2.05, 4.69) is 36.2 Å². The van der Waals surface area contributed by atoms with Crippen molar-refractivity contribution in [3.8, 4) is 6.07 Å². The third-order valence-corrected chi connectivity index (χ3v) is 4.57. The molecule has 3 aromatic rings. The molecule has 0 atom stereocenters. The van der Waals surface area contributed by atoms with Crippen molar-refractivity contribution >= 4 is 45.0 Å². The second-order valence-electron chi connectivity index (χ2n) is 5.87. The van der Waals surface area contributed by atoms with Crippen molar-refractivity contribution in [1.82, 2.24) is 10.3 Å². The average Bonchev–Trinajstić information content (AvgIpc) is 3.22. The highest BCUT2D eigenvalue weighted by Gasteiger charge is 2.24. The summed E-state index contributed by atoms with van der Waals surface area (Å²) in [5.41, 5.74) is 0.628. The van der Waals surface area contributed by atoms with E-state index in [-0.39, 0.29) is 21.7 Å². The minimum atomic E-state index is -0.649. The molecule has 0 bridgehead atoms. The van der Waals surface area contributed by atoms with Crippen LogP contribution in [0.25, 0.3) is 0 Å². The van der Waals surface area contributed by atoms with Crippen molar-refractivity contribution in [1.29, 1.82) is 10.7 Å². The van der Waals surface area contributed by atoms with E-state index in [1.54, 1.807) is 18.2 Å². The van der Waals surface area contributed by atoms with Gasteiger partial charge in [0.05, 0.1) is 21.8 Å². The number of nitrogens with zero attached hydrogens (tertiary/aromatic N) is 5. The van der Waals surface area contributed by atoms with Gasteiger partial charge in [0.2, 0.25) is 5.82 Å². The maximum Gasteiger partial charge on any atom is 0.327 e. The van der Waals surface area contributed by atoms with Crippen LogP contribution in [-0.2, 0) is 0 Å². The summed E-state index contributed by atoms with van der Waals surface area (Å²) in [5, 5.41) is 37.3. The molecule has 3 N–H and O–H groups in total. The molecule has 0 aliphatic rings. The van der Waals surface area contributed by atoms with E-state index >= 15 is 0 Å². The number of anilines is 3. The molecule has 0 unspecified atom stereocenters. The Balaban J connectivity index is 1.78. The highest BCUT2D eigenvalue weighted by atomic mass is 79.9. The minimum Gasteiger partial charge on any atom is -0.297 e. The Morgan fingerprint density at radius 2 is 2.07 bits per heavy atom. The predicted molar refractivity (Wildman–Crippen MR) is 108 cm³/mol. The van der Waals surface area contributed by atoms with E-state index in [0.717, 1.165) is 6.07 Å². The van der Waals surface area contributed by atoms with Gasteiger partial charge in [-0.15, -0.1) is 0 Å². The lowest BCUT2D eigenvalue weighted by Crippen LogP contribution is -2.33. The molecule has 0 spiro atoms. The topological polar surface area (TPSA) is 142 Å². The van der Waals surface area contributed by atoms with Gasteiger partial charge >= 0.3 is 6.03 Å². The first-order valence-corrected chi connectivity index (χ1v) is 9.01. The van der Waals surface area contributed by atoms with Crippen molar-refractivity contribution < 1.29 is 19.0 Å². The number of urea groups is 1. The number of nitrogens with one attached hydrogen (secondary N) is 2. The van der Waals surface area contributed by atoms with Gasteiger partial charge in [-0.3, -0.25) is 20.8 Å². The molecular weight excluding hydrogens is 461 g/mol. The fraction of sp³-hybridized carbons (Fsp3) is 0.0556. The molecule has 1 heterocycles. The summed E-state index contributed by atoms with van der Waals surface area (Å²) >= 11 is 3.00. The van der Waals surface area contributed by atoms with Crippen LogP contribution in [0, 0.1) is 22.6 Å². The van der Waals surface area contributed by atoms with Crippen LogP contribution < -0.4 is 15.3 Å². The first-order valence-electron chi connectivity index (χ1n) is 8.22. The van der Waals surface area contributed by atoms with Crippen LogP contribution in [0.1, 0.15) is 11.3 Å². The lowest BCUT2D eigenvalue weighted by molar-refractivity contribution is 0.257. The molecule has 0 fully saturated rings. The number of amidine groups is 1. The van der Waals surface area contributed by atoms with Crippen LogP contribution >= 0.6 is 15.9 Å². The van der Waals surface area contributed by atoms with E-state index in [1.807, 2.05) is 6.07 Å². The lowest BCUT2D eigenvalue weighted by Gasteiger charge is -2.19. The Morgan fingerprint density at radius 3 is 2.77 bits per heavy atom. The van der Waals surface area contributed by atoms with Crippen LogP contribution in [-0.4, -0.2) is 34.4 Å². The van der Waals surface area contributed by atoms with Crippen LogP contribution in [0.15, 0.2) is 51.6 Å². The molecule has 12 heteroatoms. The highest BCUT2D eigenvalue weighted by Crippen LogP contribution is 2.24. The number of carbonyl (C=O) groups excluding carboxylic acids is 1. The van der Waals surface area contributed by atoms with Gasteiger partial charge in [0.1, 0.15) is 5.82 Å². The van der Waals surface area contributed by atoms with Crippen molar-refractivity contribution in [3.63, 3.8) is 0 Å². The Bertz CT molecular complexity index is 1160. The zero-order valence-electron chi connectivity index (χ0n) is 15.3. The Labute approximate surface area is 177 Å². The van der Waals surface area contributed by atoms with Gasteiger partial charge in [-0.2, -0.15) is 5.26 Å². The molecule has 2 aromatic carbocycles. The summed E-state index contributed by atoms with van der Waals surface area (Å²) in [5.74, 6) is -1.33. The van der Waals surface area contributed by atoms with E-state index in [1.165, 1.54) is 30.1 Å². The largest absolute Gasteiger partial charge is 0.327 e. The van der Waals surface area contributed by atoms with Gasteiger partial charge in [0.25, 0.3) is 0 Å². The van der Waals surface area contributed by atoms with Crippen LogP contribution in [0.5, 0.6) is 0 Å². The average molecular weight is 474 g/mol. The quantitative estimate of drug-likeness (QED) is 0.297. The number of nitriles is 1. The number of halogens is 2. The smallest absolute Gasteiger partial charge is 0.297 e. The predicted octanol–water partition coefficient (Wildman–Crippen LogP) is 3.73. The molecular formula is C18H13BrFN7O3. The fourth-order valence-corrected chi connectivity index (χ4v) is 2.73. The van der Waals surface area contributed by atoms with Gasteiger partial charge in [-0.1, -0.05) is 6.07 Å². The summed E-state index contributed by atoms with van der Waals surface area (Å²) < 4.78 is 18.1. The Kier molecular flexibility index (Phi) is 6.05.